The summed E-state index contributed by atoms with van der Waals surface area (Å²) in [5.41, 5.74) is 1.64. The van der Waals surface area contributed by atoms with Gasteiger partial charge in [0.15, 0.2) is 0 Å². The maximum Gasteiger partial charge on any atom is 0.142 e. The summed E-state index contributed by atoms with van der Waals surface area (Å²) in [5.74, 6) is 0.225. The second-order valence-corrected chi connectivity index (χ2v) is 5.86. The van der Waals surface area contributed by atoms with Crippen molar-refractivity contribution in [3.8, 4) is 5.75 Å². The first-order chi connectivity index (χ1) is 8.93. The van der Waals surface area contributed by atoms with Gasteiger partial charge in [0.2, 0.25) is 0 Å². The van der Waals surface area contributed by atoms with Gasteiger partial charge in [0, 0.05) is 17.0 Å². The molecule has 1 aromatic carbocycles. The van der Waals surface area contributed by atoms with E-state index in [1.54, 1.807) is 6.07 Å². The zero-order valence-electron chi connectivity index (χ0n) is 11.5. The fraction of sp³-hybridized carbons (Fsp3) is 0.375. The Morgan fingerprint density at radius 2 is 2.16 bits per heavy atom. The second-order valence-electron chi connectivity index (χ2n) is 5.45. The molecule has 1 aliphatic rings. The summed E-state index contributed by atoms with van der Waals surface area (Å²) in [6, 6.07) is 3.01. The van der Waals surface area contributed by atoms with E-state index in [-0.39, 0.29) is 10.4 Å². The Labute approximate surface area is 118 Å². The van der Waals surface area contributed by atoms with Crippen LogP contribution in [0.2, 0.25) is 5.02 Å². The minimum Gasteiger partial charge on any atom is -0.492 e. The largest absolute Gasteiger partial charge is 0.492 e. The van der Waals surface area contributed by atoms with Crippen molar-refractivity contribution in [3.63, 3.8) is 0 Å². The normalized spacial score (nSPS) is 17.6. The Hall–Kier alpha value is -1.28. The first-order valence-corrected chi connectivity index (χ1v) is 6.82. The molecule has 1 aliphatic heterocycles. The maximum atomic E-state index is 13.7. The van der Waals surface area contributed by atoms with Gasteiger partial charge in [0.05, 0.1) is 11.6 Å². The molecule has 0 unspecified atom stereocenters. The summed E-state index contributed by atoms with van der Waals surface area (Å²) >= 11 is 5.83. The standard InChI is InChI=1S/C16H18ClFO/c1-4-5-6-11-9-16(2,3)10-19-15-8-13(17)14(18)7-12(11)15/h5-9H,4,10H2,1-3H3/b6-5+. The van der Waals surface area contributed by atoms with Crippen molar-refractivity contribution in [1.82, 2.24) is 0 Å². The molecule has 0 spiro atoms. The van der Waals surface area contributed by atoms with Gasteiger partial charge in [-0.25, -0.2) is 4.39 Å². The third-order valence-corrected chi connectivity index (χ3v) is 3.30. The third kappa shape index (κ3) is 3.19. The Morgan fingerprint density at radius 1 is 1.42 bits per heavy atom. The second kappa shape index (κ2) is 5.38. The number of hydrogen-bond acceptors (Lipinski definition) is 1. The minimum atomic E-state index is -0.417. The van der Waals surface area contributed by atoms with E-state index in [0.717, 1.165) is 17.6 Å². The molecule has 3 heteroatoms. The van der Waals surface area contributed by atoms with Crippen LogP contribution in [0.5, 0.6) is 5.75 Å². The van der Waals surface area contributed by atoms with Crippen LogP contribution in [0.1, 0.15) is 32.8 Å². The minimum absolute atomic E-state index is 0.0947. The lowest BCUT2D eigenvalue weighted by Crippen LogP contribution is -2.17. The molecule has 2 rings (SSSR count). The number of allylic oxidation sites excluding steroid dienone is 3. The monoisotopic (exact) mass is 280 g/mol. The van der Waals surface area contributed by atoms with Crippen LogP contribution in [0.15, 0.2) is 30.4 Å². The summed E-state index contributed by atoms with van der Waals surface area (Å²) in [6.07, 6.45) is 7.13. The fourth-order valence-corrected chi connectivity index (χ4v) is 2.21. The summed E-state index contributed by atoms with van der Waals surface area (Å²) in [7, 11) is 0. The molecule has 0 aliphatic carbocycles. The van der Waals surface area contributed by atoms with Crippen LogP contribution in [0, 0.1) is 11.2 Å². The van der Waals surface area contributed by atoms with Gasteiger partial charge < -0.3 is 4.74 Å². The van der Waals surface area contributed by atoms with E-state index < -0.39 is 5.82 Å². The van der Waals surface area contributed by atoms with Gasteiger partial charge in [-0.15, -0.1) is 0 Å². The molecule has 1 heterocycles. The van der Waals surface area contributed by atoms with Gasteiger partial charge in [-0.05, 0) is 18.1 Å². The highest BCUT2D eigenvalue weighted by Crippen LogP contribution is 2.38. The van der Waals surface area contributed by atoms with Gasteiger partial charge in [-0.1, -0.05) is 50.6 Å². The molecule has 102 valence electrons. The van der Waals surface area contributed by atoms with E-state index >= 15 is 0 Å². The van der Waals surface area contributed by atoms with E-state index in [2.05, 4.69) is 32.9 Å². The SMILES string of the molecule is CC/C=C/C1=CC(C)(C)COc2cc(Cl)c(F)cc21. The number of hydrogen-bond donors (Lipinski definition) is 0. The average Bonchev–Trinajstić information content (AvgIpc) is 2.46. The van der Waals surface area contributed by atoms with Crippen molar-refractivity contribution in [1.29, 1.82) is 0 Å². The Morgan fingerprint density at radius 3 is 2.84 bits per heavy atom. The van der Waals surface area contributed by atoms with Gasteiger partial charge in [0.25, 0.3) is 0 Å². The maximum absolute atomic E-state index is 13.7. The molecule has 1 nitrogen and oxygen atoms in total. The van der Waals surface area contributed by atoms with Crippen LogP contribution in [0.25, 0.3) is 5.57 Å². The summed E-state index contributed by atoms with van der Waals surface area (Å²) in [4.78, 5) is 0. The Bertz CT molecular complexity index is 544. The average molecular weight is 281 g/mol. The first-order valence-electron chi connectivity index (χ1n) is 6.44. The molecule has 0 fully saturated rings. The molecule has 0 radical (unpaired) electrons. The first kappa shape index (κ1) is 14.1. The van der Waals surface area contributed by atoms with E-state index in [1.807, 2.05) is 6.08 Å². The molecular formula is C16H18ClFO. The number of rotatable bonds is 2. The van der Waals surface area contributed by atoms with Gasteiger partial charge in [0.1, 0.15) is 11.6 Å². The molecule has 0 bridgehead atoms. The lowest BCUT2D eigenvalue weighted by Gasteiger charge is -2.18. The predicted molar refractivity (Wildman–Crippen MR) is 78.1 cm³/mol. The molecule has 0 N–H and O–H groups in total. The van der Waals surface area contributed by atoms with E-state index in [0.29, 0.717) is 12.4 Å². The van der Waals surface area contributed by atoms with Crippen LogP contribution in [-0.4, -0.2) is 6.61 Å². The summed E-state index contributed by atoms with van der Waals surface area (Å²) < 4.78 is 19.5. The van der Waals surface area contributed by atoms with Crippen molar-refractivity contribution >= 4 is 17.2 Å². The molecule has 1 aromatic rings. The highest BCUT2D eigenvalue weighted by Gasteiger charge is 2.24. The molecular weight excluding hydrogens is 263 g/mol. The Balaban J connectivity index is 2.57. The highest BCUT2D eigenvalue weighted by atomic mass is 35.5. The van der Waals surface area contributed by atoms with E-state index in [1.165, 1.54) is 6.07 Å². The van der Waals surface area contributed by atoms with E-state index in [4.69, 9.17) is 16.3 Å². The van der Waals surface area contributed by atoms with Crippen molar-refractivity contribution in [2.45, 2.75) is 27.2 Å². The molecule has 0 aromatic heterocycles. The molecule has 0 atom stereocenters. The number of fused-ring (bicyclic) bond motifs is 1. The number of benzene rings is 1. The zero-order chi connectivity index (χ0) is 14.0. The van der Waals surface area contributed by atoms with Crippen LogP contribution in [-0.2, 0) is 0 Å². The molecule has 19 heavy (non-hydrogen) atoms. The van der Waals surface area contributed by atoms with Crippen molar-refractivity contribution < 1.29 is 9.13 Å². The van der Waals surface area contributed by atoms with Gasteiger partial charge >= 0.3 is 0 Å². The third-order valence-electron chi connectivity index (χ3n) is 3.01. The number of ether oxygens (including phenoxy) is 1. The fourth-order valence-electron chi connectivity index (χ4n) is 2.06. The van der Waals surface area contributed by atoms with E-state index in [9.17, 15) is 4.39 Å². The zero-order valence-corrected chi connectivity index (χ0v) is 12.2. The smallest absolute Gasteiger partial charge is 0.142 e. The summed E-state index contributed by atoms with van der Waals surface area (Å²) in [6.45, 7) is 6.80. The van der Waals surface area contributed by atoms with Crippen LogP contribution in [0.3, 0.4) is 0 Å². The molecule has 0 saturated carbocycles. The van der Waals surface area contributed by atoms with Gasteiger partial charge in [-0.2, -0.15) is 0 Å². The highest BCUT2D eigenvalue weighted by molar-refractivity contribution is 6.31. The predicted octanol–water partition coefficient (Wildman–Crippen LogP) is 5.25. The number of halogens is 2. The summed E-state index contributed by atoms with van der Waals surface area (Å²) in [5, 5.41) is 0.0947. The molecule has 0 saturated heterocycles. The van der Waals surface area contributed by atoms with Crippen molar-refractivity contribution in [2.75, 3.05) is 6.61 Å². The quantitative estimate of drug-likeness (QED) is 0.719. The van der Waals surface area contributed by atoms with Crippen LogP contribution >= 0.6 is 11.6 Å². The lowest BCUT2D eigenvalue weighted by molar-refractivity contribution is 0.224. The molecule has 0 amide bonds. The topological polar surface area (TPSA) is 9.23 Å². The lowest BCUT2D eigenvalue weighted by atomic mass is 9.90. The van der Waals surface area contributed by atoms with Crippen LogP contribution < -0.4 is 4.74 Å². The van der Waals surface area contributed by atoms with Crippen LogP contribution in [0.4, 0.5) is 4.39 Å². The Kier molecular flexibility index (Phi) is 4.00. The van der Waals surface area contributed by atoms with Crippen molar-refractivity contribution in [2.24, 2.45) is 5.41 Å². The van der Waals surface area contributed by atoms with Crippen molar-refractivity contribution in [3.05, 3.63) is 46.8 Å². The van der Waals surface area contributed by atoms with Gasteiger partial charge in [-0.3, -0.25) is 0 Å².